The fourth-order valence-corrected chi connectivity index (χ4v) is 14.2. The fraction of sp³-hybridized carbons (Fsp3) is 0.149. The first-order chi connectivity index (χ1) is 45.9. The molecule has 0 aliphatic heterocycles. The van der Waals surface area contributed by atoms with Gasteiger partial charge in [-0.1, -0.05) is 231 Å². The third-order valence-corrected chi connectivity index (χ3v) is 17.8. The highest BCUT2D eigenvalue weighted by Gasteiger charge is 2.27. The van der Waals surface area contributed by atoms with Gasteiger partial charge in [0.1, 0.15) is 0 Å². The van der Waals surface area contributed by atoms with Crippen LogP contribution in [0.25, 0.3) is 128 Å². The molecule has 0 bridgehead atoms. The molecule has 1 aliphatic rings. The molecule has 15 rings (SSSR count). The Morgan fingerprint density at radius 1 is 0.495 bits per heavy atom. The van der Waals surface area contributed by atoms with Crippen LogP contribution in [0.5, 0.6) is 0 Å². The van der Waals surface area contributed by atoms with Crippen LogP contribution in [0.15, 0.2) is 268 Å². The molecular weight excluding hydrogens is 1130 g/mol. The summed E-state index contributed by atoms with van der Waals surface area (Å²) in [6.45, 7) is 26.7. The Balaban J connectivity index is 0.000000706. The third-order valence-electron chi connectivity index (χ3n) is 17.8. The molecule has 0 saturated heterocycles. The highest BCUT2D eigenvalue weighted by Crippen LogP contribution is 2.46. The average Bonchev–Trinajstić information content (AvgIpc) is 1.56. The van der Waals surface area contributed by atoms with Crippen molar-refractivity contribution in [2.24, 2.45) is 0 Å². The largest absolute Gasteiger partial charge is 0.355 e. The fourth-order valence-electron chi connectivity index (χ4n) is 14.2. The normalized spacial score (nSPS) is 13.3. The Bertz CT molecular complexity index is 5260. The van der Waals surface area contributed by atoms with E-state index >= 15 is 0 Å². The number of aromatic nitrogens is 5. The second kappa shape index (κ2) is 27.7. The molecule has 0 amide bonds. The van der Waals surface area contributed by atoms with Crippen LogP contribution < -0.4 is 5.32 Å². The van der Waals surface area contributed by atoms with Gasteiger partial charge in [0.25, 0.3) is 0 Å². The maximum absolute atomic E-state index is 4.42. The molecule has 0 spiro atoms. The van der Waals surface area contributed by atoms with E-state index in [0.717, 1.165) is 70.2 Å². The van der Waals surface area contributed by atoms with Gasteiger partial charge in [0, 0.05) is 99.6 Å². The first kappa shape index (κ1) is 62.4. The van der Waals surface area contributed by atoms with Gasteiger partial charge in [0.05, 0.1) is 50.4 Å². The van der Waals surface area contributed by atoms with E-state index in [2.05, 4.69) is 306 Å². The number of aryl methyl sites for hydroxylation is 1. The SMILES string of the molecule is C=C/C=C\C=C/C.C=Cc1c(/C=C\C)n(C2=CC(n3c4ccccc4c4c5c(ccc43)c3ccccc3n5-c3cccc(-n4c5ccccc5c5ccccc54)c3)CC=C2)c2c(C)c(Nc3cccc(-n4c(CC)c(/C=C\CC)c5ccccc54)c3)ccc12.CC.CC. The lowest BCUT2D eigenvalue weighted by molar-refractivity contribution is 0.647. The second-order valence-electron chi connectivity index (χ2n) is 23.0. The summed E-state index contributed by atoms with van der Waals surface area (Å²) in [4.78, 5) is 0. The molecule has 1 aliphatic carbocycles. The molecule has 6 heteroatoms. The number of anilines is 2. The molecule has 14 aromatic rings. The lowest BCUT2D eigenvalue weighted by Gasteiger charge is -2.23. The highest BCUT2D eigenvalue weighted by molar-refractivity contribution is 6.26. The van der Waals surface area contributed by atoms with Crippen molar-refractivity contribution in [3.8, 4) is 17.1 Å². The lowest BCUT2D eigenvalue weighted by Crippen LogP contribution is -2.11. The van der Waals surface area contributed by atoms with Crippen molar-refractivity contribution in [3.05, 3.63) is 296 Å². The highest BCUT2D eigenvalue weighted by atomic mass is 15.1. The first-order valence-electron chi connectivity index (χ1n) is 33.3. The molecule has 5 heterocycles. The number of rotatable bonds is 14. The van der Waals surface area contributed by atoms with Gasteiger partial charge in [0.2, 0.25) is 0 Å². The summed E-state index contributed by atoms with van der Waals surface area (Å²) in [5, 5.41) is 13.9. The van der Waals surface area contributed by atoms with E-state index in [-0.39, 0.29) is 6.04 Å². The average molecular weight is 1210 g/mol. The maximum Gasteiger partial charge on any atom is 0.0641 e. The molecule has 1 N–H and O–H groups in total. The number of hydrogen-bond donors (Lipinski definition) is 1. The van der Waals surface area contributed by atoms with E-state index in [0.29, 0.717) is 0 Å². The van der Waals surface area contributed by atoms with Crippen LogP contribution in [0, 0.1) is 6.92 Å². The van der Waals surface area contributed by atoms with Gasteiger partial charge < -0.3 is 28.2 Å². The molecule has 5 aromatic heterocycles. The summed E-state index contributed by atoms with van der Waals surface area (Å²) >= 11 is 0. The number of fused-ring (bicyclic) bond motifs is 12. The minimum Gasteiger partial charge on any atom is -0.355 e. The standard InChI is InChI=1S/C76H62N6.C7H10.2C2H6/c1-6-10-31-57-58-32-11-16-37-68(58)78(66(57)9-4)51-26-21-25-50(46-51)77-65-44-42-62-56(8-3)67(24-7-2)81(75(62)49(65)5)54-29-23-28-53(48-54)80-72-41-20-15-36-64(72)74-73(80)45-43-63-61-35-14-19-40-71(61)82(76(63)74)55-30-22-27-52(47-55)79-69-38-17-12-33-59(69)60-34-13-18-39-70(60)79;1-3-5-7-6-4-2;2*1-2/h7-8,10-27,29-48,53,77H,3,6,9,28H2,1-2,4-5H3;3-7H,1H2,2H3;2*1-2H3/b24-7-,31-10-;6-4-,7-5-;;. The van der Waals surface area contributed by atoms with Crippen molar-refractivity contribution in [2.45, 2.75) is 87.6 Å². The van der Waals surface area contributed by atoms with E-state index < -0.39 is 0 Å². The van der Waals surface area contributed by atoms with Gasteiger partial charge in [0.15, 0.2) is 0 Å². The van der Waals surface area contributed by atoms with Crippen molar-refractivity contribution in [3.63, 3.8) is 0 Å². The van der Waals surface area contributed by atoms with Crippen molar-refractivity contribution in [1.82, 2.24) is 22.8 Å². The minimum atomic E-state index is 0.0134. The van der Waals surface area contributed by atoms with Gasteiger partial charge in [-0.05, 0) is 143 Å². The summed E-state index contributed by atoms with van der Waals surface area (Å²) in [5.74, 6) is 0. The molecule has 0 radical (unpaired) electrons. The van der Waals surface area contributed by atoms with Gasteiger partial charge in [-0.3, -0.25) is 0 Å². The summed E-state index contributed by atoms with van der Waals surface area (Å²) in [6.07, 6.45) is 30.5. The minimum absolute atomic E-state index is 0.0134. The van der Waals surface area contributed by atoms with Gasteiger partial charge in [-0.25, -0.2) is 0 Å². The van der Waals surface area contributed by atoms with E-state index in [1.54, 1.807) is 6.08 Å². The molecular formula is C87H84N6. The molecule has 93 heavy (non-hydrogen) atoms. The number of nitrogens with one attached hydrogen (secondary N) is 1. The quantitative estimate of drug-likeness (QED) is 0.108. The smallest absolute Gasteiger partial charge is 0.0641 e. The number of nitrogens with zero attached hydrogens (tertiary/aromatic N) is 5. The predicted octanol–water partition coefficient (Wildman–Crippen LogP) is 25.0. The van der Waals surface area contributed by atoms with Gasteiger partial charge in [-0.15, -0.1) is 0 Å². The topological polar surface area (TPSA) is 36.7 Å². The molecule has 6 nitrogen and oxygen atoms in total. The van der Waals surface area contributed by atoms with Crippen LogP contribution >= 0.6 is 0 Å². The maximum atomic E-state index is 4.42. The number of para-hydroxylation sites is 5. The monoisotopic (exact) mass is 1210 g/mol. The lowest BCUT2D eigenvalue weighted by atomic mass is 10.0. The number of hydrogen-bond acceptors (Lipinski definition) is 1. The summed E-state index contributed by atoms with van der Waals surface area (Å²) in [6, 6.07) is 71.6. The Morgan fingerprint density at radius 3 is 1.71 bits per heavy atom. The van der Waals surface area contributed by atoms with E-state index in [1.807, 2.05) is 65.0 Å². The molecule has 1 unspecified atom stereocenters. The zero-order valence-corrected chi connectivity index (χ0v) is 55.3. The number of benzene rings is 9. The van der Waals surface area contributed by atoms with E-state index in [4.69, 9.17) is 0 Å². The Hall–Kier alpha value is -10.8. The van der Waals surface area contributed by atoms with Crippen LogP contribution in [0.1, 0.15) is 102 Å². The molecule has 462 valence electrons. The van der Waals surface area contributed by atoms with E-state index in [9.17, 15) is 0 Å². The summed E-state index contributed by atoms with van der Waals surface area (Å²) < 4.78 is 12.5. The van der Waals surface area contributed by atoms with Crippen molar-refractivity contribution in [1.29, 1.82) is 0 Å². The van der Waals surface area contributed by atoms with Crippen molar-refractivity contribution >= 4 is 123 Å². The zero-order valence-electron chi connectivity index (χ0n) is 55.3. The summed E-state index contributed by atoms with van der Waals surface area (Å²) in [5.41, 5.74) is 22.2. The van der Waals surface area contributed by atoms with Crippen LogP contribution in [0.4, 0.5) is 11.4 Å². The number of allylic oxidation sites excluding steroid dienone is 11. The van der Waals surface area contributed by atoms with Crippen molar-refractivity contribution in [2.75, 3.05) is 5.32 Å². The third kappa shape index (κ3) is 11.0. The van der Waals surface area contributed by atoms with Crippen LogP contribution in [-0.4, -0.2) is 22.8 Å². The Morgan fingerprint density at radius 2 is 1.08 bits per heavy atom. The Labute approximate surface area is 548 Å². The van der Waals surface area contributed by atoms with Gasteiger partial charge >= 0.3 is 0 Å². The van der Waals surface area contributed by atoms with Crippen LogP contribution in [0.2, 0.25) is 0 Å². The molecule has 9 aromatic carbocycles. The molecule has 0 saturated carbocycles. The molecule has 1 atom stereocenters. The van der Waals surface area contributed by atoms with Crippen LogP contribution in [0.3, 0.4) is 0 Å². The van der Waals surface area contributed by atoms with Gasteiger partial charge in [-0.2, -0.15) is 0 Å². The Kier molecular flexibility index (Phi) is 18.6. The zero-order chi connectivity index (χ0) is 64.7. The van der Waals surface area contributed by atoms with E-state index in [1.165, 1.54) is 98.5 Å². The first-order valence-corrected chi connectivity index (χ1v) is 33.3. The second-order valence-corrected chi connectivity index (χ2v) is 23.0. The summed E-state index contributed by atoms with van der Waals surface area (Å²) in [7, 11) is 0. The predicted molar refractivity (Wildman–Crippen MR) is 409 cm³/mol. The molecule has 0 fully saturated rings. The van der Waals surface area contributed by atoms with Crippen LogP contribution in [-0.2, 0) is 6.42 Å². The van der Waals surface area contributed by atoms with Crippen molar-refractivity contribution < 1.29 is 0 Å².